The number of hydrogen-bond donors (Lipinski definition) is 2. The zero-order chi connectivity index (χ0) is 12.3. The third-order valence-corrected chi connectivity index (χ3v) is 2.82. The summed E-state index contributed by atoms with van der Waals surface area (Å²) in [6.07, 6.45) is 1.78. The van der Waals surface area contributed by atoms with Gasteiger partial charge < -0.3 is 10.8 Å². The van der Waals surface area contributed by atoms with E-state index in [2.05, 4.69) is 0 Å². The minimum absolute atomic E-state index is 0.455. The lowest BCUT2D eigenvalue weighted by Gasteiger charge is -2.12. The lowest BCUT2D eigenvalue weighted by atomic mass is 9.93. The Kier molecular flexibility index (Phi) is 3.96. The molecule has 0 fully saturated rings. The van der Waals surface area contributed by atoms with E-state index >= 15 is 0 Å². The Morgan fingerprint density at radius 3 is 2.62 bits per heavy atom. The number of halogens is 1. The van der Waals surface area contributed by atoms with Gasteiger partial charge in [-0.15, -0.1) is 0 Å². The molecular formula is C12H14ClNO2. The number of rotatable bonds is 3. The number of benzene rings is 1. The molecule has 86 valence electrons. The molecule has 0 aliphatic heterocycles. The first kappa shape index (κ1) is 12.6. The molecule has 3 N–H and O–H groups in total. The van der Waals surface area contributed by atoms with Gasteiger partial charge in [0.1, 0.15) is 0 Å². The van der Waals surface area contributed by atoms with Crippen molar-refractivity contribution in [3.05, 3.63) is 34.9 Å². The number of carbonyl (C=O) groups is 1. The van der Waals surface area contributed by atoms with Crippen LogP contribution in [0.15, 0.2) is 24.3 Å². The van der Waals surface area contributed by atoms with Crippen molar-refractivity contribution in [3.63, 3.8) is 0 Å². The fraction of sp³-hybridized carbons (Fsp3) is 0.250. The third-order valence-electron chi connectivity index (χ3n) is 2.48. The van der Waals surface area contributed by atoms with E-state index in [4.69, 9.17) is 22.4 Å². The van der Waals surface area contributed by atoms with Gasteiger partial charge in [0.15, 0.2) is 0 Å². The highest BCUT2D eigenvalue weighted by molar-refractivity contribution is 6.33. The summed E-state index contributed by atoms with van der Waals surface area (Å²) in [4.78, 5) is 10.9. The van der Waals surface area contributed by atoms with Crippen LogP contribution in [-0.4, -0.2) is 11.1 Å². The Morgan fingerprint density at radius 2 is 2.19 bits per heavy atom. The van der Waals surface area contributed by atoms with Gasteiger partial charge in [-0.25, -0.2) is 0 Å². The zero-order valence-electron chi connectivity index (χ0n) is 9.20. The molecule has 0 saturated heterocycles. The van der Waals surface area contributed by atoms with Crippen LogP contribution >= 0.6 is 11.6 Å². The molecule has 16 heavy (non-hydrogen) atoms. The standard InChI is InChI=1S/C12H14ClNO2/c1-3-9(7(2)12(15)16)8-4-5-10(13)11(14)6-8/h3-7H,14H2,1-2H3,(H,15,16)/b9-3-. The molecule has 1 unspecified atom stereocenters. The van der Waals surface area contributed by atoms with Crippen LogP contribution in [0.25, 0.3) is 5.57 Å². The van der Waals surface area contributed by atoms with E-state index in [0.29, 0.717) is 10.7 Å². The number of allylic oxidation sites excluding steroid dienone is 1. The molecule has 4 heteroatoms. The summed E-state index contributed by atoms with van der Waals surface area (Å²) in [5.74, 6) is -1.42. The second kappa shape index (κ2) is 5.03. The van der Waals surface area contributed by atoms with E-state index in [1.165, 1.54) is 0 Å². The van der Waals surface area contributed by atoms with Gasteiger partial charge in [0.25, 0.3) is 0 Å². The summed E-state index contributed by atoms with van der Waals surface area (Å²) in [6, 6.07) is 5.13. The van der Waals surface area contributed by atoms with Gasteiger partial charge in [-0.1, -0.05) is 23.7 Å². The summed E-state index contributed by atoms with van der Waals surface area (Å²) in [5, 5.41) is 9.44. The van der Waals surface area contributed by atoms with Crippen LogP contribution in [0.3, 0.4) is 0 Å². The Morgan fingerprint density at radius 1 is 1.56 bits per heavy atom. The van der Waals surface area contributed by atoms with Crippen molar-refractivity contribution in [2.24, 2.45) is 5.92 Å². The van der Waals surface area contributed by atoms with Crippen molar-refractivity contribution in [1.29, 1.82) is 0 Å². The van der Waals surface area contributed by atoms with Gasteiger partial charge in [0.2, 0.25) is 0 Å². The number of anilines is 1. The minimum Gasteiger partial charge on any atom is -0.481 e. The quantitative estimate of drug-likeness (QED) is 0.797. The molecular weight excluding hydrogens is 226 g/mol. The number of aliphatic carboxylic acids is 1. The summed E-state index contributed by atoms with van der Waals surface area (Å²) < 4.78 is 0. The first-order chi connectivity index (χ1) is 7.47. The summed E-state index contributed by atoms with van der Waals surface area (Å²) in [5.41, 5.74) is 7.66. The molecule has 1 aromatic rings. The molecule has 0 bridgehead atoms. The van der Waals surface area contributed by atoms with Crippen molar-refractivity contribution < 1.29 is 9.90 Å². The molecule has 0 radical (unpaired) electrons. The number of carboxylic acids is 1. The van der Waals surface area contributed by atoms with E-state index in [-0.39, 0.29) is 0 Å². The third kappa shape index (κ3) is 2.55. The Balaban J connectivity index is 3.15. The van der Waals surface area contributed by atoms with Crippen molar-refractivity contribution in [3.8, 4) is 0 Å². The Labute approximate surface area is 99.5 Å². The van der Waals surface area contributed by atoms with Gasteiger partial charge >= 0.3 is 5.97 Å². The second-order valence-electron chi connectivity index (χ2n) is 3.54. The second-order valence-corrected chi connectivity index (χ2v) is 3.95. The van der Waals surface area contributed by atoms with Gasteiger partial charge in [-0.2, -0.15) is 0 Å². The fourth-order valence-corrected chi connectivity index (χ4v) is 1.64. The lowest BCUT2D eigenvalue weighted by molar-refractivity contribution is -0.139. The molecule has 0 spiro atoms. The molecule has 0 heterocycles. The van der Waals surface area contributed by atoms with Crippen LogP contribution in [0.2, 0.25) is 5.02 Å². The predicted octanol–water partition coefficient (Wildman–Crippen LogP) is 3.05. The highest BCUT2D eigenvalue weighted by Gasteiger charge is 2.17. The number of hydrogen-bond acceptors (Lipinski definition) is 2. The maximum absolute atomic E-state index is 10.9. The molecule has 0 aliphatic carbocycles. The van der Waals surface area contributed by atoms with E-state index in [0.717, 1.165) is 11.1 Å². The molecule has 0 aliphatic rings. The monoisotopic (exact) mass is 239 g/mol. The van der Waals surface area contributed by atoms with Gasteiger partial charge in [0, 0.05) is 0 Å². The Bertz CT molecular complexity index is 441. The number of nitrogens with two attached hydrogens (primary N) is 1. The maximum Gasteiger partial charge on any atom is 0.310 e. The summed E-state index contributed by atoms with van der Waals surface area (Å²) >= 11 is 5.81. The van der Waals surface area contributed by atoms with Crippen molar-refractivity contribution in [1.82, 2.24) is 0 Å². The van der Waals surface area contributed by atoms with Crippen LogP contribution in [0.5, 0.6) is 0 Å². The topological polar surface area (TPSA) is 63.3 Å². The van der Waals surface area contributed by atoms with Crippen LogP contribution in [0.4, 0.5) is 5.69 Å². The SMILES string of the molecule is C/C=C(\c1ccc(Cl)c(N)c1)C(C)C(=O)O. The molecule has 1 rings (SSSR count). The molecule has 0 aromatic heterocycles. The highest BCUT2D eigenvalue weighted by atomic mass is 35.5. The summed E-state index contributed by atoms with van der Waals surface area (Å²) in [6.45, 7) is 3.45. The van der Waals surface area contributed by atoms with E-state index in [9.17, 15) is 4.79 Å². The molecule has 1 aromatic carbocycles. The number of nitrogen functional groups attached to an aromatic ring is 1. The molecule has 3 nitrogen and oxygen atoms in total. The van der Waals surface area contributed by atoms with E-state index in [1.807, 2.05) is 0 Å². The first-order valence-corrected chi connectivity index (χ1v) is 5.29. The molecule has 1 atom stereocenters. The fourth-order valence-electron chi connectivity index (χ4n) is 1.52. The maximum atomic E-state index is 10.9. The van der Waals surface area contributed by atoms with Crippen LogP contribution in [0, 0.1) is 5.92 Å². The van der Waals surface area contributed by atoms with Crippen molar-refractivity contribution in [2.45, 2.75) is 13.8 Å². The molecule has 0 saturated carbocycles. The van der Waals surface area contributed by atoms with Gasteiger partial charge in [-0.3, -0.25) is 4.79 Å². The predicted molar refractivity (Wildman–Crippen MR) is 66.3 cm³/mol. The number of carboxylic acid groups (broad SMARTS) is 1. The van der Waals surface area contributed by atoms with Crippen LogP contribution < -0.4 is 5.73 Å². The van der Waals surface area contributed by atoms with Crippen LogP contribution in [-0.2, 0) is 4.79 Å². The van der Waals surface area contributed by atoms with E-state index in [1.54, 1.807) is 38.1 Å². The summed E-state index contributed by atoms with van der Waals surface area (Å²) in [7, 11) is 0. The normalized spacial score (nSPS) is 13.6. The minimum atomic E-state index is -0.860. The average molecular weight is 240 g/mol. The zero-order valence-corrected chi connectivity index (χ0v) is 9.95. The van der Waals surface area contributed by atoms with Gasteiger partial charge in [-0.05, 0) is 37.1 Å². The highest BCUT2D eigenvalue weighted by Crippen LogP contribution is 2.28. The molecule has 0 amide bonds. The van der Waals surface area contributed by atoms with Crippen LogP contribution in [0.1, 0.15) is 19.4 Å². The lowest BCUT2D eigenvalue weighted by Crippen LogP contribution is -2.11. The van der Waals surface area contributed by atoms with Gasteiger partial charge in [0.05, 0.1) is 16.6 Å². The Hall–Kier alpha value is -1.48. The van der Waals surface area contributed by atoms with E-state index < -0.39 is 11.9 Å². The first-order valence-electron chi connectivity index (χ1n) is 4.91. The average Bonchev–Trinajstić information content (AvgIpc) is 2.24. The van der Waals surface area contributed by atoms with Crippen molar-refractivity contribution >= 4 is 28.8 Å². The van der Waals surface area contributed by atoms with Crippen molar-refractivity contribution in [2.75, 3.05) is 5.73 Å². The smallest absolute Gasteiger partial charge is 0.310 e. The largest absolute Gasteiger partial charge is 0.481 e.